The fourth-order valence-electron chi connectivity index (χ4n) is 4.28. The summed E-state index contributed by atoms with van der Waals surface area (Å²) in [6.07, 6.45) is 3.69. The highest BCUT2D eigenvalue weighted by Gasteiger charge is 2.29. The van der Waals surface area contributed by atoms with E-state index >= 15 is 0 Å². The zero-order valence-electron chi connectivity index (χ0n) is 16.3. The molecule has 3 rings (SSSR count). The number of Topliss-reactive ketones (excluding diaryl/α,β-unsaturated/α-hetero) is 1. The van der Waals surface area contributed by atoms with Gasteiger partial charge in [0.15, 0.2) is 0 Å². The van der Waals surface area contributed by atoms with E-state index in [4.69, 9.17) is 0 Å². The molecule has 148 valence electrons. The predicted octanol–water partition coefficient (Wildman–Crippen LogP) is 4.76. The van der Waals surface area contributed by atoms with Gasteiger partial charge >= 0.3 is 0 Å². The number of aliphatic hydroxyl groups is 1. The number of aryl methyl sites for hydroxylation is 1. The number of ketones is 1. The van der Waals surface area contributed by atoms with Crippen LogP contribution >= 0.6 is 0 Å². The van der Waals surface area contributed by atoms with Crippen LogP contribution in [0.5, 0.6) is 0 Å². The minimum atomic E-state index is -0.921. The predicted molar refractivity (Wildman–Crippen MR) is 113 cm³/mol. The maximum absolute atomic E-state index is 12.3. The van der Waals surface area contributed by atoms with Crippen LogP contribution in [0.4, 0.5) is 5.69 Å². The summed E-state index contributed by atoms with van der Waals surface area (Å²) in [5, 5.41) is 11.1. The number of carbonyl (C=O) groups is 1. The fourth-order valence-corrected chi connectivity index (χ4v) is 4.28. The Hall–Kier alpha value is -1.94. The first kappa shape index (κ1) is 21.4. The normalized spacial score (nSPS) is 20.4. The lowest BCUT2D eigenvalue weighted by Crippen LogP contribution is -2.41. The van der Waals surface area contributed by atoms with Crippen LogP contribution in [0, 0.1) is 18.8 Å². The topological polar surface area (TPSA) is 53.4 Å². The van der Waals surface area contributed by atoms with Crippen molar-refractivity contribution in [3.63, 3.8) is 0 Å². The number of nitrogens with zero attached hydrogens (tertiary/aromatic N) is 2. The summed E-state index contributed by atoms with van der Waals surface area (Å²) < 4.78 is 0. The van der Waals surface area contributed by atoms with Crippen LogP contribution < -0.4 is 4.90 Å². The molecule has 2 atom stereocenters. The Bertz CT molecular complexity index is 795. The summed E-state index contributed by atoms with van der Waals surface area (Å²) in [5.41, 5.74) is 2.53. The molecule has 0 aliphatic carbocycles. The van der Waals surface area contributed by atoms with Gasteiger partial charge in [-0.2, -0.15) is 0 Å². The van der Waals surface area contributed by atoms with Gasteiger partial charge in [0.2, 0.25) is 0 Å². The number of benzene rings is 1. The molecule has 4 nitrogen and oxygen atoms in total. The zero-order chi connectivity index (χ0) is 18.9. The molecule has 0 amide bonds. The van der Waals surface area contributed by atoms with Crippen LogP contribution in [0.1, 0.15) is 53.0 Å². The number of hydrogen-bond donors (Lipinski definition) is 1. The SMILES string of the molecule is C.Cc1ccc(N2C[C@@H](C)C[C@@H](CC(=O)CC(C)(C)O)C2)c2cccnc12. The molecule has 0 radical (unpaired) electrons. The number of rotatable bonds is 5. The van der Waals surface area contributed by atoms with Crippen molar-refractivity contribution in [3.05, 3.63) is 36.0 Å². The molecule has 1 aromatic carbocycles. The van der Waals surface area contributed by atoms with Gasteiger partial charge in [-0.3, -0.25) is 9.78 Å². The fraction of sp³-hybridized carbons (Fsp3) is 0.565. The molecule has 2 heterocycles. The van der Waals surface area contributed by atoms with Crippen LogP contribution in [0.2, 0.25) is 0 Å². The van der Waals surface area contributed by atoms with Crippen molar-refractivity contribution in [2.24, 2.45) is 11.8 Å². The average Bonchev–Trinajstić information content (AvgIpc) is 2.53. The second-order valence-electron chi connectivity index (χ2n) is 8.65. The molecule has 0 saturated carbocycles. The van der Waals surface area contributed by atoms with Crippen molar-refractivity contribution < 1.29 is 9.90 Å². The molecule has 4 heteroatoms. The second-order valence-corrected chi connectivity index (χ2v) is 8.65. The molecule has 1 N–H and O–H groups in total. The smallest absolute Gasteiger partial charge is 0.136 e. The van der Waals surface area contributed by atoms with Crippen molar-refractivity contribution in [1.82, 2.24) is 4.98 Å². The molecular weight excluding hydrogens is 336 g/mol. The van der Waals surface area contributed by atoms with E-state index in [1.807, 2.05) is 12.3 Å². The first-order valence-electron chi connectivity index (χ1n) is 9.56. The molecule has 1 aliphatic heterocycles. The third kappa shape index (κ3) is 5.29. The summed E-state index contributed by atoms with van der Waals surface area (Å²) in [4.78, 5) is 19.3. The number of fused-ring (bicyclic) bond motifs is 1. The van der Waals surface area contributed by atoms with E-state index in [1.165, 1.54) is 16.6 Å². The number of hydrogen-bond acceptors (Lipinski definition) is 4. The number of anilines is 1. The average molecular weight is 371 g/mol. The van der Waals surface area contributed by atoms with E-state index in [9.17, 15) is 9.90 Å². The third-order valence-corrected chi connectivity index (χ3v) is 5.18. The maximum atomic E-state index is 12.3. The minimum absolute atomic E-state index is 0. The van der Waals surface area contributed by atoms with Crippen LogP contribution in [0.15, 0.2) is 30.5 Å². The molecule has 1 fully saturated rings. The highest BCUT2D eigenvalue weighted by molar-refractivity contribution is 5.93. The monoisotopic (exact) mass is 370 g/mol. The lowest BCUT2D eigenvalue weighted by Gasteiger charge is -2.38. The summed E-state index contributed by atoms with van der Waals surface area (Å²) in [6, 6.07) is 8.45. The molecular formula is C23H34N2O2. The summed E-state index contributed by atoms with van der Waals surface area (Å²) in [7, 11) is 0. The van der Waals surface area contributed by atoms with Crippen molar-refractivity contribution in [2.75, 3.05) is 18.0 Å². The molecule has 0 unspecified atom stereocenters. The number of aromatic nitrogens is 1. The van der Waals surface area contributed by atoms with Crippen molar-refractivity contribution >= 4 is 22.4 Å². The molecule has 0 spiro atoms. The van der Waals surface area contributed by atoms with Gasteiger partial charge in [0.05, 0.1) is 11.1 Å². The summed E-state index contributed by atoms with van der Waals surface area (Å²) in [6.45, 7) is 9.64. The van der Waals surface area contributed by atoms with Gasteiger partial charge < -0.3 is 10.0 Å². The van der Waals surface area contributed by atoms with Crippen molar-refractivity contribution in [3.8, 4) is 0 Å². The largest absolute Gasteiger partial charge is 0.390 e. The number of carbonyl (C=O) groups excluding carboxylic acids is 1. The van der Waals surface area contributed by atoms with E-state index in [0.717, 1.165) is 25.0 Å². The van der Waals surface area contributed by atoms with Crippen LogP contribution in [0.25, 0.3) is 10.9 Å². The van der Waals surface area contributed by atoms with Gasteiger partial charge in [0.1, 0.15) is 5.78 Å². The third-order valence-electron chi connectivity index (χ3n) is 5.18. The molecule has 0 bridgehead atoms. The highest BCUT2D eigenvalue weighted by Crippen LogP contribution is 2.34. The summed E-state index contributed by atoms with van der Waals surface area (Å²) >= 11 is 0. The first-order valence-corrected chi connectivity index (χ1v) is 9.56. The van der Waals surface area contributed by atoms with Crippen molar-refractivity contribution in [2.45, 2.75) is 60.0 Å². The standard InChI is InChI=1S/C22H30N2O2.CH4/c1-15-10-17(11-18(25)12-22(3,4)26)14-24(13-15)20-8-7-16(2)21-19(20)6-5-9-23-21;/h5-9,15,17,26H,10-14H2,1-4H3;1H4/t15-,17-;/m0./s1. The maximum Gasteiger partial charge on any atom is 0.136 e. The highest BCUT2D eigenvalue weighted by atomic mass is 16.3. The second kappa shape index (κ2) is 8.39. The molecule has 1 aromatic heterocycles. The molecule has 27 heavy (non-hydrogen) atoms. The van der Waals surface area contributed by atoms with Gasteiger partial charge in [-0.15, -0.1) is 0 Å². The lowest BCUT2D eigenvalue weighted by molar-refractivity contribution is -0.123. The Morgan fingerprint density at radius 3 is 2.74 bits per heavy atom. The van der Waals surface area contributed by atoms with E-state index in [1.54, 1.807) is 13.8 Å². The van der Waals surface area contributed by atoms with Gasteiger partial charge in [-0.05, 0) is 62.8 Å². The number of piperidine rings is 1. The zero-order valence-corrected chi connectivity index (χ0v) is 16.3. The van der Waals surface area contributed by atoms with E-state index < -0.39 is 5.60 Å². The Balaban J connectivity index is 0.00000261. The number of pyridine rings is 1. The molecule has 1 aliphatic rings. The van der Waals surface area contributed by atoms with Gasteiger partial charge in [0.25, 0.3) is 0 Å². The molecule has 1 saturated heterocycles. The minimum Gasteiger partial charge on any atom is -0.390 e. The van der Waals surface area contributed by atoms with E-state index in [2.05, 4.69) is 41.9 Å². The van der Waals surface area contributed by atoms with Crippen LogP contribution in [-0.4, -0.2) is 34.6 Å². The van der Waals surface area contributed by atoms with Crippen LogP contribution in [0.3, 0.4) is 0 Å². The Kier molecular flexibility index (Phi) is 6.63. The van der Waals surface area contributed by atoms with E-state index in [-0.39, 0.29) is 19.6 Å². The van der Waals surface area contributed by atoms with E-state index in [0.29, 0.717) is 18.3 Å². The van der Waals surface area contributed by atoms with Crippen LogP contribution in [-0.2, 0) is 4.79 Å². The van der Waals surface area contributed by atoms with Crippen molar-refractivity contribution in [1.29, 1.82) is 0 Å². The van der Waals surface area contributed by atoms with Gasteiger partial charge in [0, 0.05) is 43.2 Å². The summed E-state index contributed by atoms with van der Waals surface area (Å²) in [5.74, 6) is 1.03. The quantitative estimate of drug-likeness (QED) is 0.824. The first-order chi connectivity index (χ1) is 12.2. The Morgan fingerprint density at radius 2 is 2.04 bits per heavy atom. The molecule has 2 aromatic rings. The Labute approximate surface area is 163 Å². The Morgan fingerprint density at radius 1 is 1.30 bits per heavy atom. The van der Waals surface area contributed by atoms with Gasteiger partial charge in [-0.1, -0.05) is 20.4 Å². The van der Waals surface area contributed by atoms with Gasteiger partial charge in [-0.25, -0.2) is 0 Å². The lowest BCUT2D eigenvalue weighted by atomic mass is 9.85.